The summed E-state index contributed by atoms with van der Waals surface area (Å²) >= 11 is 0. The Balaban J connectivity index is 1.37. The number of halogens is 3. The molecule has 3 heterocycles. The van der Waals surface area contributed by atoms with Crippen LogP contribution in [0.1, 0.15) is 23.4 Å². The Morgan fingerprint density at radius 3 is 2.50 bits per heavy atom. The molecule has 11 heteroatoms. The average molecular weight is 578 g/mol. The van der Waals surface area contributed by atoms with Crippen LogP contribution in [-0.4, -0.2) is 58.5 Å². The van der Waals surface area contributed by atoms with Crippen LogP contribution in [0.25, 0.3) is 22.4 Å². The predicted octanol–water partition coefficient (Wildman–Crippen LogP) is 5.39. The van der Waals surface area contributed by atoms with Crippen molar-refractivity contribution in [2.45, 2.75) is 32.0 Å². The summed E-state index contributed by atoms with van der Waals surface area (Å²) in [6, 6.07) is 19.2. The summed E-state index contributed by atoms with van der Waals surface area (Å²) in [4.78, 5) is 25.1. The number of nitrogen functional groups attached to an aromatic ring is 1. The minimum atomic E-state index is -4.63. The van der Waals surface area contributed by atoms with E-state index in [1.54, 1.807) is 30.3 Å². The number of carbonyl (C=O) groups is 1. The smallest absolute Gasteiger partial charge is 0.433 e. The maximum atomic E-state index is 13.7. The van der Waals surface area contributed by atoms with E-state index in [1.165, 1.54) is 6.92 Å². The van der Waals surface area contributed by atoms with Gasteiger partial charge in [-0.1, -0.05) is 42.5 Å². The number of hydrogen-bond acceptors (Lipinski definition) is 8. The van der Waals surface area contributed by atoms with Gasteiger partial charge in [0.25, 0.3) is 0 Å². The van der Waals surface area contributed by atoms with E-state index >= 15 is 0 Å². The lowest BCUT2D eigenvalue weighted by Crippen LogP contribution is -2.26. The van der Waals surface area contributed by atoms with E-state index in [0.29, 0.717) is 36.3 Å². The van der Waals surface area contributed by atoms with Gasteiger partial charge in [-0.05, 0) is 48.7 Å². The van der Waals surface area contributed by atoms with Crippen molar-refractivity contribution in [1.29, 1.82) is 0 Å². The van der Waals surface area contributed by atoms with Crippen molar-refractivity contribution in [3.05, 3.63) is 83.7 Å². The molecule has 0 aliphatic carbocycles. The van der Waals surface area contributed by atoms with Gasteiger partial charge >= 0.3 is 6.18 Å². The highest BCUT2D eigenvalue weighted by atomic mass is 19.4. The summed E-state index contributed by atoms with van der Waals surface area (Å²) in [6.07, 6.45) is -2.33. The molecular weight excluding hydrogens is 547 g/mol. The number of likely N-dealkylation sites (tertiary alicyclic amines) is 1. The molecule has 1 aliphatic rings. The number of hydrogen-bond donors (Lipinski definition) is 1. The van der Waals surface area contributed by atoms with Crippen LogP contribution in [0.4, 0.5) is 19.1 Å². The maximum absolute atomic E-state index is 13.7. The molecule has 2 N–H and O–H groups in total. The van der Waals surface area contributed by atoms with Crippen LogP contribution in [0.3, 0.4) is 0 Å². The van der Waals surface area contributed by atoms with Crippen LogP contribution < -0.4 is 15.2 Å². The first-order chi connectivity index (χ1) is 20.2. The maximum Gasteiger partial charge on any atom is 0.433 e. The molecule has 0 radical (unpaired) electrons. The quantitative estimate of drug-likeness (QED) is 0.250. The van der Waals surface area contributed by atoms with Gasteiger partial charge < -0.3 is 20.0 Å². The minimum absolute atomic E-state index is 0.0364. The molecule has 0 spiro atoms. The van der Waals surface area contributed by atoms with Crippen molar-refractivity contribution < 1.29 is 27.4 Å². The number of anilines is 1. The van der Waals surface area contributed by atoms with Gasteiger partial charge in [0, 0.05) is 30.8 Å². The van der Waals surface area contributed by atoms with Gasteiger partial charge in [0.15, 0.2) is 0 Å². The Hall–Kier alpha value is -4.51. The van der Waals surface area contributed by atoms with Gasteiger partial charge in [0.2, 0.25) is 11.8 Å². The molecule has 2 aromatic carbocycles. The summed E-state index contributed by atoms with van der Waals surface area (Å²) in [5.41, 5.74) is 7.72. The topological polar surface area (TPSA) is 103 Å². The van der Waals surface area contributed by atoms with Crippen molar-refractivity contribution in [1.82, 2.24) is 19.9 Å². The molecule has 0 amide bonds. The molecule has 1 aliphatic heterocycles. The molecule has 0 bridgehead atoms. The molecule has 1 saturated heterocycles. The van der Waals surface area contributed by atoms with Crippen LogP contribution in [0.2, 0.25) is 0 Å². The zero-order valence-electron chi connectivity index (χ0n) is 23.0. The van der Waals surface area contributed by atoms with E-state index < -0.39 is 11.9 Å². The van der Waals surface area contributed by atoms with E-state index in [9.17, 15) is 18.0 Å². The lowest BCUT2D eigenvalue weighted by Gasteiger charge is -2.17. The van der Waals surface area contributed by atoms with E-state index in [1.807, 2.05) is 30.3 Å². The van der Waals surface area contributed by atoms with E-state index in [4.69, 9.17) is 15.2 Å². The fraction of sp³-hybridized carbons (Fsp3) is 0.290. The molecule has 0 unspecified atom stereocenters. The van der Waals surface area contributed by atoms with Gasteiger partial charge in [-0.2, -0.15) is 18.2 Å². The number of aldehydes is 1. The molecular formula is C31H30F3N5O3. The first kappa shape index (κ1) is 29.0. The van der Waals surface area contributed by atoms with Gasteiger partial charge in [-0.25, -0.2) is 9.97 Å². The molecule has 218 valence electrons. The second kappa shape index (κ2) is 12.6. The molecule has 1 fully saturated rings. The summed E-state index contributed by atoms with van der Waals surface area (Å²) in [6.45, 7) is 3.65. The number of nitrogens with zero attached hydrogens (tertiary/aromatic N) is 4. The SMILES string of the molecule is Cc1cc(-c2c(OCCc3ccc(O[C@@H]4CCN(CC=O)C4)cc3)nc(N)nc2-c2ccccc2)cc(C(F)(F)F)n1. The fourth-order valence-electron chi connectivity index (χ4n) is 4.94. The minimum Gasteiger partial charge on any atom is -0.489 e. The van der Waals surface area contributed by atoms with Gasteiger partial charge in [0.1, 0.15) is 23.8 Å². The second-order valence-corrected chi connectivity index (χ2v) is 10.1. The van der Waals surface area contributed by atoms with Crippen molar-refractivity contribution in [2.75, 3.05) is 32.0 Å². The molecule has 4 aromatic rings. The second-order valence-electron chi connectivity index (χ2n) is 10.1. The molecule has 0 saturated carbocycles. The Morgan fingerprint density at radius 2 is 1.79 bits per heavy atom. The Bertz CT molecular complexity index is 1530. The number of aryl methyl sites for hydroxylation is 1. The number of aromatic nitrogens is 3. The first-order valence-electron chi connectivity index (χ1n) is 13.5. The number of nitrogens with two attached hydrogens (primary N) is 1. The van der Waals surface area contributed by atoms with E-state index in [2.05, 4.69) is 19.9 Å². The number of rotatable bonds is 10. The monoisotopic (exact) mass is 577 g/mol. The highest BCUT2D eigenvalue weighted by Crippen LogP contribution is 2.40. The molecule has 2 aromatic heterocycles. The van der Waals surface area contributed by atoms with Gasteiger partial charge in [0.05, 0.1) is 24.4 Å². The Labute approximate surface area is 241 Å². The Morgan fingerprint density at radius 1 is 1.02 bits per heavy atom. The number of carbonyl (C=O) groups excluding carboxylic acids is 1. The highest BCUT2D eigenvalue weighted by Gasteiger charge is 2.34. The molecule has 42 heavy (non-hydrogen) atoms. The van der Waals surface area contributed by atoms with Crippen molar-refractivity contribution in [3.63, 3.8) is 0 Å². The number of alkyl halides is 3. The molecule has 5 rings (SSSR count). The third-order valence-electron chi connectivity index (χ3n) is 6.89. The van der Waals surface area contributed by atoms with Crippen LogP contribution in [0.5, 0.6) is 11.6 Å². The molecule has 8 nitrogen and oxygen atoms in total. The van der Waals surface area contributed by atoms with E-state index in [-0.39, 0.29) is 35.8 Å². The van der Waals surface area contributed by atoms with Crippen LogP contribution >= 0.6 is 0 Å². The standard InChI is InChI=1S/C31H30F3N5O3/c1-20-17-23(18-26(36-20)31(32,33)34)27-28(22-5-3-2-4-6-22)37-30(35)38-29(27)41-16-12-21-7-9-24(10-8-21)42-25-11-13-39(19-25)14-15-40/h2-10,15,17-18,25H,11-14,16,19H2,1H3,(H2,35,37,38)/t25-/m1/s1. The third kappa shape index (κ3) is 7.03. The van der Waals surface area contributed by atoms with E-state index in [0.717, 1.165) is 36.6 Å². The van der Waals surface area contributed by atoms with Gasteiger partial charge in [-0.15, -0.1) is 0 Å². The van der Waals surface area contributed by atoms with Crippen LogP contribution in [0, 0.1) is 6.92 Å². The highest BCUT2D eigenvalue weighted by molar-refractivity contribution is 5.85. The summed E-state index contributed by atoms with van der Waals surface area (Å²) in [7, 11) is 0. The lowest BCUT2D eigenvalue weighted by atomic mass is 9.99. The molecule has 1 atom stereocenters. The fourth-order valence-corrected chi connectivity index (χ4v) is 4.94. The number of benzene rings is 2. The Kier molecular flexibility index (Phi) is 8.67. The van der Waals surface area contributed by atoms with Crippen molar-refractivity contribution in [3.8, 4) is 34.0 Å². The number of ether oxygens (including phenoxy) is 2. The largest absolute Gasteiger partial charge is 0.489 e. The summed E-state index contributed by atoms with van der Waals surface area (Å²) in [5.74, 6) is 0.764. The van der Waals surface area contributed by atoms with Crippen LogP contribution in [-0.2, 0) is 17.4 Å². The normalized spacial score (nSPS) is 15.5. The summed E-state index contributed by atoms with van der Waals surface area (Å²) < 4.78 is 53.1. The van der Waals surface area contributed by atoms with Crippen LogP contribution in [0.15, 0.2) is 66.7 Å². The lowest BCUT2D eigenvalue weighted by molar-refractivity contribution is -0.141. The first-order valence-corrected chi connectivity index (χ1v) is 13.5. The van der Waals surface area contributed by atoms with Crippen molar-refractivity contribution in [2.24, 2.45) is 0 Å². The summed E-state index contributed by atoms with van der Waals surface area (Å²) in [5, 5.41) is 0. The average Bonchev–Trinajstić information content (AvgIpc) is 3.40. The zero-order valence-corrected chi connectivity index (χ0v) is 23.0. The predicted molar refractivity (Wildman–Crippen MR) is 152 cm³/mol. The third-order valence-corrected chi connectivity index (χ3v) is 6.89. The van der Waals surface area contributed by atoms with Crippen molar-refractivity contribution >= 4 is 12.2 Å². The van der Waals surface area contributed by atoms with Gasteiger partial charge in [-0.3, -0.25) is 4.90 Å². The number of pyridine rings is 1. The zero-order chi connectivity index (χ0) is 29.7.